The molecule has 0 bridgehead atoms. The number of carboxylic acids is 1. The van der Waals surface area contributed by atoms with Crippen molar-refractivity contribution < 1.29 is 38.7 Å². The normalized spacial score (nSPS) is 13.9. The van der Waals surface area contributed by atoms with E-state index in [4.69, 9.17) is 51.6 Å². The van der Waals surface area contributed by atoms with Crippen molar-refractivity contribution in [1.29, 1.82) is 0 Å². The average Bonchev–Trinajstić information content (AvgIpc) is 3.24. The third-order valence-electron chi connectivity index (χ3n) is 9.26. The van der Waals surface area contributed by atoms with Crippen molar-refractivity contribution in [2.75, 3.05) is 50.2 Å². The summed E-state index contributed by atoms with van der Waals surface area (Å²) in [5.41, 5.74) is 49.5. The van der Waals surface area contributed by atoms with E-state index in [0.717, 1.165) is 0 Å². The Hall–Kier alpha value is -5.97. The second-order valence-corrected chi connectivity index (χ2v) is 16.8. The second kappa shape index (κ2) is 34.4. The van der Waals surface area contributed by atoms with Gasteiger partial charge in [-0.25, -0.2) is 4.79 Å². The van der Waals surface area contributed by atoms with E-state index in [-0.39, 0.29) is 108 Å². The predicted octanol–water partition coefficient (Wildman–Crippen LogP) is -5.95. The van der Waals surface area contributed by atoms with Crippen molar-refractivity contribution in [3.05, 3.63) is 0 Å². The monoisotopic (exact) mass is 976 g/mol. The Morgan fingerprint density at radius 3 is 1.08 bits per heavy atom. The summed E-state index contributed by atoms with van der Waals surface area (Å²) in [6.07, 6.45) is 4.76. The predicted molar refractivity (Wildman–Crippen MR) is 259 cm³/mol. The van der Waals surface area contributed by atoms with Gasteiger partial charge in [-0.1, -0.05) is 0 Å². The number of hydrogen-bond acceptors (Lipinski definition) is 14. The molecule has 25 N–H and O–H groups in total. The van der Waals surface area contributed by atoms with E-state index >= 15 is 0 Å². The highest BCUT2D eigenvalue weighted by molar-refractivity contribution is 7.98. The number of guanidine groups is 4. The maximum absolute atomic E-state index is 14.1. The molecule has 0 aromatic carbocycles. The van der Waals surface area contributed by atoms with Crippen molar-refractivity contribution in [3.63, 3.8) is 0 Å². The summed E-state index contributed by atoms with van der Waals surface area (Å²) in [6.45, 7) is 1.65. The van der Waals surface area contributed by atoms with Crippen LogP contribution in [0.1, 0.15) is 71.1 Å². The molecule has 29 heteroatoms. The molecule has 0 aliphatic carbocycles. The molecule has 0 unspecified atom stereocenters. The molecule has 0 rings (SSSR count). The molecule has 0 aromatic heterocycles. The van der Waals surface area contributed by atoms with Crippen LogP contribution in [0.15, 0.2) is 20.0 Å². The Morgan fingerprint density at radius 1 is 0.439 bits per heavy atom. The number of thioether (sulfide) groups is 2. The maximum Gasteiger partial charge on any atom is 0.326 e. The van der Waals surface area contributed by atoms with E-state index in [0.29, 0.717) is 17.9 Å². The van der Waals surface area contributed by atoms with E-state index in [1.54, 1.807) is 0 Å². The number of nitrogens with two attached hydrogens (primary N) is 9. The Labute approximate surface area is 393 Å². The molecule has 0 radical (unpaired) electrons. The highest BCUT2D eigenvalue weighted by Gasteiger charge is 2.32. The van der Waals surface area contributed by atoms with Crippen LogP contribution in [0, 0.1) is 0 Å². The SMILES string of the molecule is CSCC[C@H](NC(=O)[C@@H](N)CCSC)C(=O)N[C@@H](C)C(=O)N[C@@H](CCCN=C(N)N)C(=O)N[C@@H](CCCN=C(N)N)C(=O)N[C@@H](CCCN=C(N)N)C(=O)N[C@@H](CCCN=C(N)N)C(=O)O. The molecule has 0 heterocycles. The van der Waals surface area contributed by atoms with Crippen LogP contribution < -0.4 is 83.5 Å². The van der Waals surface area contributed by atoms with Crippen molar-refractivity contribution in [2.24, 2.45) is 71.6 Å². The first-order valence-electron chi connectivity index (χ1n) is 21.1. The number of aliphatic carboxylic acids is 1. The number of carboxylic acid groups (broad SMARTS) is 1. The zero-order chi connectivity index (χ0) is 50.2. The van der Waals surface area contributed by atoms with E-state index in [9.17, 15) is 38.7 Å². The Balaban J connectivity index is 6.57. The number of carbonyl (C=O) groups excluding carboxylic acids is 6. The first-order valence-corrected chi connectivity index (χ1v) is 23.9. The van der Waals surface area contributed by atoms with Crippen molar-refractivity contribution in [2.45, 2.75) is 113 Å². The summed E-state index contributed by atoms with van der Waals surface area (Å²) in [4.78, 5) is 109. The smallest absolute Gasteiger partial charge is 0.326 e. The van der Waals surface area contributed by atoms with Gasteiger partial charge in [0.2, 0.25) is 35.4 Å². The summed E-state index contributed by atoms with van der Waals surface area (Å²) < 4.78 is 0. The van der Waals surface area contributed by atoms with Crippen LogP contribution in [0.3, 0.4) is 0 Å². The van der Waals surface area contributed by atoms with Crippen LogP contribution in [-0.2, 0) is 33.6 Å². The molecule has 0 spiro atoms. The molecule has 6 amide bonds. The zero-order valence-corrected chi connectivity index (χ0v) is 39.6. The van der Waals surface area contributed by atoms with E-state index < -0.39 is 83.7 Å². The highest BCUT2D eigenvalue weighted by Crippen LogP contribution is 2.09. The summed E-state index contributed by atoms with van der Waals surface area (Å²) in [6, 6.07) is -8.51. The largest absolute Gasteiger partial charge is 0.480 e. The van der Waals surface area contributed by atoms with E-state index in [2.05, 4.69) is 51.9 Å². The number of rotatable bonds is 35. The Kier molecular flexibility index (Phi) is 31.3. The minimum atomic E-state index is -1.39. The molecule has 27 nitrogen and oxygen atoms in total. The molecule has 0 saturated carbocycles. The van der Waals surface area contributed by atoms with Gasteiger partial charge in [0.05, 0.1) is 6.04 Å². The molecule has 0 aliphatic rings. The summed E-state index contributed by atoms with van der Waals surface area (Å²) in [5.74, 6) is -5.55. The number of nitrogens with one attached hydrogen (secondary N) is 6. The van der Waals surface area contributed by atoms with Gasteiger partial charge in [0, 0.05) is 26.2 Å². The lowest BCUT2D eigenvalue weighted by molar-refractivity contribution is -0.142. The molecule has 0 saturated heterocycles. The molecular formula is C37H73N19O8S2. The summed E-state index contributed by atoms with van der Waals surface area (Å²) >= 11 is 2.97. The van der Waals surface area contributed by atoms with Gasteiger partial charge >= 0.3 is 5.97 Å². The van der Waals surface area contributed by atoms with Crippen LogP contribution in [0.4, 0.5) is 0 Å². The lowest BCUT2D eigenvalue weighted by atomic mass is 10.0. The van der Waals surface area contributed by atoms with Gasteiger partial charge < -0.3 is 88.6 Å². The number of hydrogen-bond donors (Lipinski definition) is 16. The average molecular weight is 976 g/mol. The summed E-state index contributed by atoms with van der Waals surface area (Å²) in [7, 11) is 0. The second-order valence-electron chi connectivity index (χ2n) is 14.8. The van der Waals surface area contributed by atoms with Crippen LogP contribution in [-0.4, -0.2) is 163 Å². The number of carbonyl (C=O) groups is 7. The fraction of sp³-hybridized carbons (Fsp3) is 0.703. The highest BCUT2D eigenvalue weighted by atomic mass is 32.2. The third kappa shape index (κ3) is 28.0. The topological polar surface area (TPSA) is 496 Å². The standard InChI is InChI=1S/C37H73N19O8S2/c1-20(51-29(59)25(13-19-66-3)53-28(58)21(38)12-18-65-2)27(57)52-22(8-4-14-47-34(39)40)30(60)54-23(9-5-15-48-35(41)42)31(61)55-24(10-6-16-49-36(43)44)32(62)56-26(33(63)64)11-7-17-50-37(45)46/h20-26H,4-19,38H2,1-3H3,(H,51,59)(H,52,57)(H,53,58)(H,54,60)(H,55,61)(H,56,62)(H,63,64)(H4,39,40,47)(H4,41,42,48)(H4,43,44,49)(H4,45,46,50)/t20-,21-,22-,23-,24-,25-,26-/m0/s1. The number of aliphatic imine (C=N–C) groups is 4. The van der Waals surface area contributed by atoms with Gasteiger partial charge in [0.1, 0.15) is 36.3 Å². The molecule has 0 fully saturated rings. The van der Waals surface area contributed by atoms with Crippen LogP contribution in [0.25, 0.3) is 0 Å². The minimum Gasteiger partial charge on any atom is -0.480 e. The molecular weight excluding hydrogens is 903 g/mol. The van der Waals surface area contributed by atoms with Gasteiger partial charge in [-0.05, 0) is 95.1 Å². The first kappa shape index (κ1) is 60.0. The van der Waals surface area contributed by atoms with E-state index in [1.165, 1.54) is 30.4 Å². The van der Waals surface area contributed by atoms with Gasteiger partial charge in [-0.15, -0.1) is 0 Å². The van der Waals surface area contributed by atoms with Gasteiger partial charge in [-0.3, -0.25) is 48.7 Å². The zero-order valence-electron chi connectivity index (χ0n) is 38.0. The first-order chi connectivity index (χ1) is 31.1. The third-order valence-corrected chi connectivity index (χ3v) is 10.5. The summed E-state index contributed by atoms with van der Waals surface area (Å²) in [5, 5.41) is 25.4. The van der Waals surface area contributed by atoms with Gasteiger partial charge in [0.25, 0.3) is 0 Å². The lowest BCUT2D eigenvalue weighted by Crippen LogP contribution is -2.59. The Bertz CT molecular complexity index is 1670. The lowest BCUT2D eigenvalue weighted by Gasteiger charge is -2.27. The van der Waals surface area contributed by atoms with Crippen molar-refractivity contribution >= 4 is 88.8 Å². The van der Waals surface area contributed by atoms with Crippen molar-refractivity contribution in [3.8, 4) is 0 Å². The maximum atomic E-state index is 14.1. The van der Waals surface area contributed by atoms with Crippen LogP contribution >= 0.6 is 23.5 Å². The molecule has 0 aliphatic heterocycles. The van der Waals surface area contributed by atoms with Gasteiger partial charge in [0.15, 0.2) is 23.8 Å². The molecule has 7 atom stereocenters. The van der Waals surface area contributed by atoms with Crippen LogP contribution in [0.2, 0.25) is 0 Å². The molecule has 0 aromatic rings. The fourth-order valence-corrected chi connectivity index (χ4v) is 6.69. The fourth-order valence-electron chi connectivity index (χ4n) is 5.73. The minimum absolute atomic E-state index is 0.0442. The molecule has 66 heavy (non-hydrogen) atoms. The van der Waals surface area contributed by atoms with Crippen molar-refractivity contribution in [1.82, 2.24) is 31.9 Å². The van der Waals surface area contributed by atoms with Gasteiger partial charge in [-0.2, -0.15) is 23.5 Å². The number of nitrogens with zero attached hydrogens (tertiary/aromatic N) is 4. The van der Waals surface area contributed by atoms with E-state index in [1.807, 2.05) is 12.5 Å². The van der Waals surface area contributed by atoms with Crippen LogP contribution in [0.5, 0.6) is 0 Å². The Morgan fingerprint density at radius 2 is 0.727 bits per heavy atom. The molecule has 376 valence electrons. The quantitative estimate of drug-likeness (QED) is 0.0160. The number of amides is 6.